The molecular weight excluding hydrogens is 476 g/mol. The fourth-order valence-corrected chi connectivity index (χ4v) is 5.13. The van der Waals surface area contributed by atoms with Crippen LogP contribution in [0.2, 0.25) is 0 Å². The van der Waals surface area contributed by atoms with Crippen LogP contribution in [0.5, 0.6) is 0 Å². The number of para-hydroxylation sites is 1. The molecule has 0 amide bonds. The van der Waals surface area contributed by atoms with E-state index in [0.717, 1.165) is 16.5 Å². The Morgan fingerprint density at radius 3 is 2.59 bits per heavy atom. The molecule has 1 atom stereocenters. The number of benzene rings is 1. The van der Waals surface area contributed by atoms with Crippen molar-refractivity contribution in [2.75, 3.05) is 13.2 Å². The van der Waals surface area contributed by atoms with Crippen molar-refractivity contribution < 1.29 is 28.6 Å². The minimum Gasteiger partial charge on any atom is -0.466 e. The van der Waals surface area contributed by atoms with Gasteiger partial charge in [0, 0.05) is 23.8 Å². The predicted octanol–water partition coefficient (Wildman–Crippen LogP) is 3.41. The topological polar surface area (TPSA) is 114 Å². The van der Waals surface area contributed by atoms with Crippen LogP contribution in [-0.4, -0.2) is 40.7 Å². The molecule has 9 heteroatoms. The molecule has 0 saturated carbocycles. The molecule has 0 spiro atoms. The molecule has 9 nitrogen and oxygen atoms in total. The average molecular weight is 505 g/mol. The van der Waals surface area contributed by atoms with Gasteiger partial charge in [0.15, 0.2) is 0 Å². The fourth-order valence-electron chi connectivity index (χ4n) is 5.13. The van der Waals surface area contributed by atoms with Gasteiger partial charge < -0.3 is 18.8 Å². The number of fused-ring (bicyclic) bond motifs is 5. The molecule has 2 aliphatic heterocycles. The van der Waals surface area contributed by atoms with Gasteiger partial charge in [0.1, 0.15) is 18.6 Å². The maximum atomic E-state index is 13.6. The molecule has 0 saturated heterocycles. The molecule has 2 aliphatic rings. The van der Waals surface area contributed by atoms with E-state index in [1.54, 1.807) is 18.4 Å². The van der Waals surface area contributed by atoms with Crippen molar-refractivity contribution in [3.8, 4) is 11.4 Å². The highest BCUT2D eigenvalue weighted by atomic mass is 16.6. The number of cyclic esters (lactones) is 1. The van der Waals surface area contributed by atoms with Crippen LogP contribution in [0.3, 0.4) is 0 Å². The van der Waals surface area contributed by atoms with E-state index in [2.05, 4.69) is 0 Å². The summed E-state index contributed by atoms with van der Waals surface area (Å²) in [5.41, 5.74) is 2.46. The zero-order chi connectivity index (χ0) is 26.2. The van der Waals surface area contributed by atoms with E-state index in [-0.39, 0.29) is 57.0 Å². The Hall–Kier alpha value is -4.01. The average Bonchev–Trinajstić information content (AvgIpc) is 3.25. The van der Waals surface area contributed by atoms with Gasteiger partial charge in [0.25, 0.3) is 5.56 Å². The number of hydrogen-bond donors (Lipinski definition) is 0. The lowest BCUT2D eigenvalue weighted by atomic mass is 9.75. The summed E-state index contributed by atoms with van der Waals surface area (Å²) in [4.78, 5) is 55.5. The van der Waals surface area contributed by atoms with Crippen LogP contribution in [-0.2, 0) is 47.2 Å². The lowest BCUT2D eigenvalue weighted by molar-refractivity contribution is -0.161. The minimum absolute atomic E-state index is 0.0116. The van der Waals surface area contributed by atoms with Gasteiger partial charge >= 0.3 is 17.9 Å². The second-order valence-corrected chi connectivity index (χ2v) is 9.33. The summed E-state index contributed by atoms with van der Waals surface area (Å²) in [7, 11) is 0. The second kappa shape index (κ2) is 9.80. The van der Waals surface area contributed by atoms with Crippen molar-refractivity contribution in [2.24, 2.45) is 0 Å². The van der Waals surface area contributed by atoms with Crippen LogP contribution in [0.1, 0.15) is 56.2 Å². The minimum atomic E-state index is -1.31. The molecule has 5 rings (SSSR count). The van der Waals surface area contributed by atoms with E-state index < -0.39 is 17.4 Å². The Morgan fingerprint density at radius 1 is 1.08 bits per heavy atom. The number of ether oxygens (including phenoxy) is 3. The number of esters is 3. The normalized spacial score (nSPS) is 17.5. The van der Waals surface area contributed by atoms with Gasteiger partial charge in [-0.1, -0.05) is 25.1 Å². The molecule has 0 bridgehead atoms. The maximum absolute atomic E-state index is 13.6. The van der Waals surface area contributed by atoms with Gasteiger partial charge in [-0.2, -0.15) is 0 Å². The maximum Gasteiger partial charge on any atom is 0.320 e. The van der Waals surface area contributed by atoms with Gasteiger partial charge in [-0.3, -0.25) is 19.2 Å². The quantitative estimate of drug-likeness (QED) is 0.265. The lowest BCUT2D eigenvalue weighted by Crippen LogP contribution is -2.48. The number of aromatic nitrogens is 2. The van der Waals surface area contributed by atoms with Crippen molar-refractivity contribution >= 4 is 28.8 Å². The standard InChI is InChI=1S/C28H28N2O7/c1-3-28(16-37-24(32)11-7-10-23(31)35-4-2)20-13-22-25-18(12-17-8-5-6-9-21(17)29-25)14-30(22)26(33)19(20)15-36-27(28)34/h5-6,8-9,12-13H,3-4,7,10-11,14-16H2,1-2H3/t28-/m0/s1. The third-order valence-corrected chi connectivity index (χ3v) is 7.18. The first kappa shape index (κ1) is 24.7. The van der Waals surface area contributed by atoms with E-state index in [0.29, 0.717) is 29.1 Å². The Balaban J connectivity index is 1.46. The van der Waals surface area contributed by atoms with Crippen LogP contribution in [0.15, 0.2) is 41.2 Å². The highest BCUT2D eigenvalue weighted by molar-refractivity contribution is 5.88. The number of rotatable bonds is 8. The number of hydrogen-bond acceptors (Lipinski definition) is 8. The summed E-state index contributed by atoms with van der Waals surface area (Å²) in [5.74, 6) is -1.44. The molecule has 37 heavy (non-hydrogen) atoms. The number of carbonyl (C=O) groups excluding carboxylic acids is 3. The highest BCUT2D eigenvalue weighted by Gasteiger charge is 2.48. The number of carbonyl (C=O) groups is 3. The number of pyridine rings is 2. The summed E-state index contributed by atoms with van der Waals surface area (Å²) < 4.78 is 17.5. The summed E-state index contributed by atoms with van der Waals surface area (Å²) in [6, 6.07) is 11.6. The molecule has 0 N–H and O–H groups in total. The Bertz CT molecular complexity index is 1480. The first-order chi connectivity index (χ1) is 17.9. The molecule has 2 aromatic heterocycles. The predicted molar refractivity (Wildman–Crippen MR) is 134 cm³/mol. The molecule has 4 heterocycles. The van der Waals surface area contributed by atoms with Crippen molar-refractivity contribution in [3.05, 3.63) is 63.4 Å². The van der Waals surface area contributed by atoms with E-state index in [4.69, 9.17) is 19.2 Å². The molecule has 0 unspecified atom stereocenters. The summed E-state index contributed by atoms with van der Waals surface area (Å²) >= 11 is 0. The van der Waals surface area contributed by atoms with Gasteiger partial charge in [0.05, 0.1) is 35.6 Å². The lowest BCUT2D eigenvalue weighted by Gasteiger charge is -2.35. The highest BCUT2D eigenvalue weighted by Crippen LogP contribution is 2.40. The zero-order valence-electron chi connectivity index (χ0n) is 20.9. The smallest absolute Gasteiger partial charge is 0.320 e. The monoisotopic (exact) mass is 504 g/mol. The molecular formula is C28H28N2O7. The second-order valence-electron chi connectivity index (χ2n) is 9.33. The van der Waals surface area contributed by atoms with E-state index >= 15 is 0 Å². The van der Waals surface area contributed by atoms with Crippen molar-refractivity contribution in [1.29, 1.82) is 0 Å². The zero-order valence-corrected chi connectivity index (χ0v) is 20.9. The number of nitrogens with zero attached hydrogens (tertiary/aromatic N) is 2. The summed E-state index contributed by atoms with van der Waals surface area (Å²) in [5, 5.41) is 0.989. The first-order valence-electron chi connectivity index (χ1n) is 12.5. The van der Waals surface area contributed by atoms with Crippen molar-refractivity contribution in [2.45, 2.75) is 58.1 Å². The Morgan fingerprint density at radius 2 is 1.84 bits per heavy atom. The van der Waals surface area contributed by atoms with Crippen LogP contribution in [0.4, 0.5) is 0 Å². The third kappa shape index (κ3) is 4.28. The SMILES string of the molecule is CCOC(=O)CCCC(=O)OC[C@]1(CC)C(=O)OCc2c1cc1n(c2=O)Cc2cc3ccccc3nc2-1. The van der Waals surface area contributed by atoms with E-state index in [1.165, 1.54) is 0 Å². The van der Waals surface area contributed by atoms with Crippen LogP contribution in [0, 0.1) is 0 Å². The summed E-state index contributed by atoms with van der Waals surface area (Å²) in [6.07, 6.45) is 0.674. The molecule has 0 aliphatic carbocycles. The van der Waals surface area contributed by atoms with Crippen LogP contribution >= 0.6 is 0 Å². The molecule has 192 valence electrons. The summed E-state index contributed by atoms with van der Waals surface area (Å²) in [6.45, 7) is 3.80. The molecule has 3 aromatic rings. The van der Waals surface area contributed by atoms with Crippen molar-refractivity contribution in [1.82, 2.24) is 9.55 Å². The van der Waals surface area contributed by atoms with E-state index in [9.17, 15) is 19.2 Å². The fraction of sp³-hybridized carbons (Fsp3) is 0.393. The van der Waals surface area contributed by atoms with Gasteiger partial charge in [0.2, 0.25) is 0 Å². The molecule has 0 fully saturated rings. The van der Waals surface area contributed by atoms with Crippen LogP contribution in [0.25, 0.3) is 22.3 Å². The van der Waals surface area contributed by atoms with Gasteiger partial charge in [-0.25, -0.2) is 4.98 Å². The molecule has 0 radical (unpaired) electrons. The molecule has 1 aromatic carbocycles. The Labute approximate surface area is 213 Å². The van der Waals surface area contributed by atoms with Gasteiger partial charge in [-0.15, -0.1) is 0 Å². The van der Waals surface area contributed by atoms with Crippen LogP contribution < -0.4 is 5.56 Å². The van der Waals surface area contributed by atoms with Crippen molar-refractivity contribution in [3.63, 3.8) is 0 Å². The largest absolute Gasteiger partial charge is 0.466 e. The van der Waals surface area contributed by atoms with Gasteiger partial charge in [-0.05, 0) is 43.5 Å². The first-order valence-corrected chi connectivity index (χ1v) is 12.5. The van der Waals surface area contributed by atoms with E-state index in [1.807, 2.05) is 36.4 Å². The Kier molecular flexibility index (Phi) is 6.54. The third-order valence-electron chi connectivity index (χ3n) is 7.18.